The van der Waals surface area contributed by atoms with Crippen LogP contribution in [0, 0.1) is 36.0 Å². The number of esters is 1. The fourth-order valence-electron chi connectivity index (χ4n) is 3.22. The van der Waals surface area contributed by atoms with Gasteiger partial charge in [-0.25, -0.2) is 26.7 Å². The fraction of sp³-hybridized carbons (Fsp3) is 0.120. The van der Waals surface area contributed by atoms with Gasteiger partial charge in [0.1, 0.15) is 5.75 Å². The highest BCUT2D eigenvalue weighted by atomic mass is 32.2. The van der Waals surface area contributed by atoms with Gasteiger partial charge in [-0.1, -0.05) is 30.0 Å². The molecule has 0 aliphatic heterocycles. The van der Waals surface area contributed by atoms with Gasteiger partial charge in [-0.15, -0.1) is 0 Å². The summed E-state index contributed by atoms with van der Waals surface area (Å²) in [6.07, 6.45) is 0. The molecule has 36 heavy (non-hydrogen) atoms. The molecule has 0 saturated heterocycles. The van der Waals surface area contributed by atoms with Crippen molar-refractivity contribution < 1.29 is 36.2 Å². The third-order valence-electron chi connectivity index (χ3n) is 4.93. The lowest BCUT2D eigenvalue weighted by Gasteiger charge is -2.12. The van der Waals surface area contributed by atoms with Crippen LogP contribution in [0.4, 0.5) is 22.0 Å². The van der Waals surface area contributed by atoms with Gasteiger partial charge in [0, 0.05) is 0 Å². The Balaban J connectivity index is 1.80. The molecular weight excluding hydrogens is 503 g/mol. The summed E-state index contributed by atoms with van der Waals surface area (Å²) in [5.41, 5.74) is 0.686. The highest BCUT2D eigenvalue weighted by Crippen LogP contribution is 2.42. The van der Waals surface area contributed by atoms with Crippen molar-refractivity contribution >= 4 is 17.7 Å². The molecule has 0 N–H and O–H groups in total. The van der Waals surface area contributed by atoms with E-state index in [-0.39, 0.29) is 33.8 Å². The van der Waals surface area contributed by atoms with E-state index < -0.39 is 40.0 Å². The van der Waals surface area contributed by atoms with Crippen molar-refractivity contribution in [2.24, 2.45) is 0 Å². The summed E-state index contributed by atoms with van der Waals surface area (Å²) in [5, 5.41) is 4.28. The van der Waals surface area contributed by atoms with Crippen molar-refractivity contribution in [3.63, 3.8) is 0 Å². The fourth-order valence-corrected chi connectivity index (χ4v) is 4.19. The first-order valence-electron chi connectivity index (χ1n) is 10.5. The summed E-state index contributed by atoms with van der Waals surface area (Å²) in [7, 11) is 0. The molecule has 4 rings (SSSR count). The molecular formula is C25H17F5N2O3S. The maximum absolute atomic E-state index is 14.4. The number of rotatable bonds is 7. The van der Waals surface area contributed by atoms with Crippen molar-refractivity contribution in [1.82, 2.24) is 9.78 Å². The summed E-state index contributed by atoms with van der Waals surface area (Å²) in [4.78, 5) is 11.7. The van der Waals surface area contributed by atoms with Crippen molar-refractivity contribution in [2.75, 3.05) is 6.61 Å². The number of para-hydroxylation sites is 1. The minimum atomic E-state index is -2.27. The van der Waals surface area contributed by atoms with Gasteiger partial charge in [-0.2, -0.15) is 9.78 Å². The Kier molecular flexibility index (Phi) is 7.30. The Morgan fingerprint density at radius 3 is 2.03 bits per heavy atom. The Morgan fingerprint density at radius 2 is 1.44 bits per heavy atom. The number of carbonyl (C=O) groups is 1. The molecule has 1 aromatic heterocycles. The van der Waals surface area contributed by atoms with Crippen molar-refractivity contribution in [2.45, 2.75) is 23.6 Å². The predicted octanol–water partition coefficient (Wildman–Crippen LogP) is 6.65. The van der Waals surface area contributed by atoms with E-state index in [1.807, 2.05) is 0 Å². The van der Waals surface area contributed by atoms with Crippen LogP contribution in [-0.4, -0.2) is 22.4 Å². The maximum Gasteiger partial charge on any atom is 0.344 e. The second-order valence-electron chi connectivity index (χ2n) is 7.32. The number of aromatic nitrogens is 2. The molecule has 0 atom stereocenters. The van der Waals surface area contributed by atoms with Crippen LogP contribution in [0.15, 0.2) is 64.4 Å². The molecule has 0 unspecified atom stereocenters. The summed E-state index contributed by atoms with van der Waals surface area (Å²) in [6, 6.07) is 14.4. The van der Waals surface area contributed by atoms with Crippen LogP contribution < -0.4 is 9.47 Å². The van der Waals surface area contributed by atoms with Gasteiger partial charge in [0.2, 0.25) is 11.7 Å². The second-order valence-corrected chi connectivity index (χ2v) is 8.34. The second kappa shape index (κ2) is 10.4. The Bertz CT molecular complexity index is 1400. The van der Waals surface area contributed by atoms with Gasteiger partial charge in [0.25, 0.3) is 0 Å². The molecule has 4 aromatic rings. The van der Waals surface area contributed by atoms with E-state index in [0.717, 1.165) is 0 Å². The average Bonchev–Trinajstić information content (AvgIpc) is 3.19. The van der Waals surface area contributed by atoms with Crippen LogP contribution in [0.25, 0.3) is 5.69 Å². The highest BCUT2D eigenvalue weighted by molar-refractivity contribution is 7.99. The SMILES string of the molecule is CCOc1ccc(C(=O)Oc2c(Sc3c(F)c(F)c(F)c(F)c3F)c(C)nn2-c2ccccc2)cc1. The third kappa shape index (κ3) is 4.78. The Morgan fingerprint density at radius 1 is 0.861 bits per heavy atom. The molecule has 1 heterocycles. The van der Waals surface area contributed by atoms with Gasteiger partial charge < -0.3 is 9.47 Å². The van der Waals surface area contributed by atoms with E-state index in [0.29, 0.717) is 18.0 Å². The molecule has 0 saturated carbocycles. The average molecular weight is 520 g/mol. The van der Waals surface area contributed by atoms with Crippen LogP contribution in [-0.2, 0) is 0 Å². The van der Waals surface area contributed by atoms with E-state index in [9.17, 15) is 26.7 Å². The van der Waals surface area contributed by atoms with Crippen molar-refractivity contribution in [1.29, 1.82) is 0 Å². The zero-order valence-electron chi connectivity index (χ0n) is 18.8. The predicted molar refractivity (Wildman–Crippen MR) is 121 cm³/mol. The van der Waals surface area contributed by atoms with E-state index in [4.69, 9.17) is 9.47 Å². The summed E-state index contributed by atoms with van der Waals surface area (Å²) < 4.78 is 82.1. The van der Waals surface area contributed by atoms with Gasteiger partial charge in [-0.05, 0) is 50.2 Å². The number of nitrogens with zero attached hydrogens (tertiary/aromatic N) is 2. The lowest BCUT2D eigenvalue weighted by atomic mass is 10.2. The topological polar surface area (TPSA) is 53.4 Å². The van der Waals surface area contributed by atoms with Crippen molar-refractivity contribution in [3.05, 3.63) is 94.9 Å². The first-order valence-corrected chi connectivity index (χ1v) is 11.3. The van der Waals surface area contributed by atoms with E-state index >= 15 is 0 Å². The molecule has 0 bridgehead atoms. The molecule has 0 aliphatic rings. The zero-order valence-corrected chi connectivity index (χ0v) is 19.6. The van der Waals surface area contributed by atoms with Crippen LogP contribution in [0.1, 0.15) is 23.0 Å². The molecule has 11 heteroatoms. The normalized spacial score (nSPS) is 11.0. The molecule has 0 fully saturated rings. The molecule has 0 amide bonds. The maximum atomic E-state index is 14.4. The van der Waals surface area contributed by atoms with Gasteiger partial charge >= 0.3 is 5.97 Å². The van der Waals surface area contributed by atoms with E-state index in [1.165, 1.54) is 23.7 Å². The first kappa shape index (κ1) is 25.2. The monoisotopic (exact) mass is 520 g/mol. The first-order chi connectivity index (χ1) is 17.2. The third-order valence-corrected chi connectivity index (χ3v) is 6.17. The van der Waals surface area contributed by atoms with Crippen molar-refractivity contribution in [3.8, 4) is 17.3 Å². The number of ether oxygens (including phenoxy) is 2. The van der Waals surface area contributed by atoms with Crippen LogP contribution in [0.2, 0.25) is 0 Å². The minimum absolute atomic E-state index is 0.110. The lowest BCUT2D eigenvalue weighted by molar-refractivity contribution is 0.0718. The molecule has 5 nitrogen and oxygen atoms in total. The number of carbonyl (C=O) groups excluding carboxylic acids is 1. The smallest absolute Gasteiger partial charge is 0.344 e. The molecule has 0 radical (unpaired) electrons. The molecule has 186 valence electrons. The Hall–Kier alpha value is -3.86. The lowest BCUT2D eigenvalue weighted by Crippen LogP contribution is -2.12. The van der Waals surface area contributed by atoms with Crippen LogP contribution in [0.3, 0.4) is 0 Å². The van der Waals surface area contributed by atoms with Crippen LogP contribution in [0.5, 0.6) is 11.6 Å². The number of hydrogen-bond donors (Lipinski definition) is 0. The number of aryl methyl sites for hydroxylation is 1. The summed E-state index contributed by atoms with van der Waals surface area (Å²) in [6.45, 7) is 3.68. The van der Waals surface area contributed by atoms with Crippen LogP contribution >= 0.6 is 11.8 Å². The number of benzene rings is 3. The standard InChI is InChI=1S/C25H17F5N2O3S/c1-3-34-16-11-9-14(10-12-16)25(33)35-24-22(13(2)31-32(24)15-7-5-4-6-8-15)36-23-20(29)18(27)17(26)19(28)21(23)30/h4-12H,3H2,1-2H3. The Labute approximate surface area is 206 Å². The van der Waals surface area contributed by atoms with E-state index in [1.54, 1.807) is 49.4 Å². The van der Waals surface area contributed by atoms with E-state index in [2.05, 4.69) is 5.10 Å². The number of hydrogen-bond acceptors (Lipinski definition) is 5. The number of halogens is 5. The minimum Gasteiger partial charge on any atom is -0.494 e. The van der Waals surface area contributed by atoms with Gasteiger partial charge in [-0.3, -0.25) is 0 Å². The highest BCUT2D eigenvalue weighted by Gasteiger charge is 2.30. The van der Waals surface area contributed by atoms with Gasteiger partial charge in [0.15, 0.2) is 23.3 Å². The largest absolute Gasteiger partial charge is 0.494 e. The molecule has 0 spiro atoms. The quantitative estimate of drug-likeness (QED) is 0.118. The summed E-state index contributed by atoms with van der Waals surface area (Å²) >= 11 is 0.216. The summed E-state index contributed by atoms with van der Waals surface area (Å²) in [5.74, 6) is -11.0. The molecule has 0 aliphatic carbocycles. The van der Waals surface area contributed by atoms with Gasteiger partial charge in [0.05, 0.1) is 33.3 Å². The zero-order chi connectivity index (χ0) is 26.0. The molecule has 3 aromatic carbocycles.